The minimum atomic E-state index is -0.642. The molecule has 84 valence electrons. The Morgan fingerprint density at radius 1 is 1.20 bits per heavy atom. The van der Waals surface area contributed by atoms with Gasteiger partial charge in [-0.1, -0.05) is 27.7 Å². The molecule has 0 spiro atoms. The van der Waals surface area contributed by atoms with Gasteiger partial charge in [0.2, 0.25) is 5.96 Å². The zero-order valence-corrected chi connectivity index (χ0v) is 9.55. The Morgan fingerprint density at radius 3 is 2.07 bits per heavy atom. The highest BCUT2D eigenvalue weighted by molar-refractivity contribution is 6.45. The summed E-state index contributed by atoms with van der Waals surface area (Å²) in [5, 5.41) is 4.73. The van der Waals surface area contributed by atoms with Crippen molar-refractivity contribution in [2.24, 2.45) is 16.3 Å². The second kappa shape index (κ2) is 4.00. The van der Waals surface area contributed by atoms with E-state index in [4.69, 9.17) is 0 Å². The third-order valence-corrected chi connectivity index (χ3v) is 2.88. The van der Waals surface area contributed by atoms with Crippen molar-refractivity contribution in [3.8, 4) is 0 Å². The molecule has 0 aromatic rings. The maximum Gasteiger partial charge on any atom is 0.316 e. The van der Waals surface area contributed by atoms with Crippen LogP contribution >= 0.6 is 0 Å². The normalized spacial score (nSPS) is 16.7. The molecular formula is C10H17N3O2. The van der Waals surface area contributed by atoms with E-state index in [9.17, 15) is 9.59 Å². The van der Waals surface area contributed by atoms with Gasteiger partial charge in [0, 0.05) is 6.54 Å². The minimum absolute atomic E-state index is 0.0467. The van der Waals surface area contributed by atoms with Crippen molar-refractivity contribution in [2.75, 3.05) is 6.54 Å². The van der Waals surface area contributed by atoms with Crippen LogP contribution in [0.3, 0.4) is 0 Å². The first-order valence-corrected chi connectivity index (χ1v) is 5.00. The summed E-state index contributed by atoms with van der Waals surface area (Å²) < 4.78 is 0. The third kappa shape index (κ3) is 2.78. The molecule has 1 fully saturated rings. The molecule has 5 heteroatoms. The number of guanidine groups is 1. The van der Waals surface area contributed by atoms with Gasteiger partial charge in [-0.15, -0.1) is 0 Å². The van der Waals surface area contributed by atoms with Crippen LogP contribution in [-0.2, 0) is 9.59 Å². The quantitative estimate of drug-likeness (QED) is 0.658. The number of nitrogens with zero attached hydrogens (tertiary/aromatic N) is 1. The molecule has 0 atom stereocenters. The summed E-state index contributed by atoms with van der Waals surface area (Å²) in [5.41, 5.74) is 0.0467. The SMILES string of the molecule is CC(C)C(C)(C)CN=C1NC(=O)C(=O)N1. The fourth-order valence-electron chi connectivity index (χ4n) is 0.904. The fraction of sp³-hybridized carbons (Fsp3) is 0.700. The van der Waals surface area contributed by atoms with E-state index in [1.807, 2.05) is 0 Å². The van der Waals surface area contributed by atoms with E-state index in [1.165, 1.54) is 0 Å². The molecule has 1 rings (SSSR count). The van der Waals surface area contributed by atoms with Crippen LogP contribution < -0.4 is 10.6 Å². The fourth-order valence-corrected chi connectivity index (χ4v) is 0.904. The molecule has 1 aliphatic rings. The van der Waals surface area contributed by atoms with Crippen LogP contribution in [0, 0.1) is 11.3 Å². The molecule has 0 aromatic carbocycles. The highest BCUT2D eigenvalue weighted by atomic mass is 16.2. The highest BCUT2D eigenvalue weighted by Gasteiger charge is 2.27. The van der Waals surface area contributed by atoms with Crippen LogP contribution in [0.15, 0.2) is 4.99 Å². The Hall–Kier alpha value is -1.39. The number of hydrogen-bond donors (Lipinski definition) is 2. The van der Waals surface area contributed by atoms with Gasteiger partial charge in [-0.05, 0) is 11.3 Å². The predicted molar refractivity (Wildman–Crippen MR) is 57.2 cm³/mol. The summed E-state index contributed by atoms with van der Waals surface area (Å²) in [7, 11) is 0. The van der Waals surface area contributed by atoms with Crippen LogP contribution in [0.2, 0.25) is 0 Å². The summed E-state index contributed by atoms with van der Waals surface area (Å²) in [4.78, 5) is 25.8. The van der Waals surface area contributed by atoms with Crippen LogP contribution in [0.25, 0.3) is 0 Å². The average molecular weight is 211 g/mol. The van der Waals surface area contributed by atoms with Gasteiger partial charge in [0.1, 0.15) is 0 Å². The Bertz CT molecular complexity index is 301. The molecule has 0 unspecified atom stereocenters. The molecule has 15 heavy (non-hydrogen) atoms. The predicted octanol–water partition coefficient (Wildman–Crippen LogP) is 0.271. The average Bonchev–Trinajstić information content (AvgIpc) is 2.43. The lowest BCUT2D eigenvalue weighted by Gasteiger charge is -2.26. The van der Waals surface area contributed by atoms with E-state index in [0.29, 0.717) is 12.5 Å². The number of carbonyl (C=O) groups excluding carboxylic acids is 2. The number of hydrogen-bond acceptors (Lipinski definition) is 3. The summed E-state index contributed by atoms with van der Waals surface area (Å²) in [6.45, 7) is 9.00. The number of nitrogens with one attached hydrogen (secondary N) is 2. The van der Waals surface area contributed by atoms with Crippen molar-refractivity contribution >= 4 is 17.8 Å². The lowest BCUT2D eigenvalue weighted by Crippen LogP contribution is -2.29. The highest BCUT2D eigenvalue weighted by Crippen LogP contribution is 2.25. The number of aliphatic imine (C=N–C) groups is 1. The molecule has 0 bridgehead atoms. The minimum Gasteiger partial charge on any atom is -0.288 e. The lowest BCUT2D eigenvalue weighted by atomic mass is 9.81. The van der Waals surface area contributed by atoms with E-state index in [1.54, 1.807) is 0 Å². The zero-order valence-electron chi connectivity index (χ0n) is 9.55. The van der Waals surface area contributed by atoms with Crippen LogP contribution in [0.4, 0.5) is 0 Å². The van der Waals surface area contributed by atoms with Gasteiger partial charge in [0.25, 0.3) is 0 Å². The second-order valence-corrected chi connectivity index (χ2v) is 4.72. The third-order valence-electron chi connectivity index (χ3n) is 2.88. The molecular weight excluding hydrogens is 194 g/mol. The second-order valence-electron chi connectivity index (χ2n) is 4.72. The van der Waals surface area contributed by atoms with E-state index >= 15 is 0 Å². The molecule has 5 nitrogen and oxygen atoms in total. The Labute approximate surface area is 89.3 Å². The molecule has 2 N–H and O–H groups in total. The monoisotopic (exact) mass is 211 g/mol. The van der Waals surface area contributed by atoms with Crippen molar-refractivity contribution in [3.63, 3.8) is 0 Å². The van der Waals surface area contributed by atoms with E-state index in [-0.39, 0.29) is 11.4 Å². The summed E-state index contributed by atoms with van der Waals surface area (Å²) in [5.74, 6) is -0.541. The van der Waals surface area contributed by atoms with Crippen molar-refractivity contribution in [2.45, 2.75) is 27.7 Å². The van der Waals surface area contributed by atoms with E-state index in [2.05, 4.69) is 43.3 Å². The summed E-state index contributed by atoms with van der Waals surface area (Å²) >= 11 is 0. The van der Waals surface area contributed by atoms with E-state index in [0.717, 1.165) is 0 Å². The van der Waals surface area contributed by atoms with Crippen LogP contribution in [0.5, 0.6) is 0 Å². The first-order valence-electron chi connectivity index (χ1n) is 5.00. The largest absolute Gasteiger partial charge is 0.316 e. The molecule has 2 amide bonds. The van der Waals surface area contributed by atoms with Gasteiger partial charge < -0.3 is 0 Å². The Morgan fingerprint density at radius 2 is 1.67 bits per heavy atom. The number of rotatable bonds is 3. The van der Waals surface area contributed by atoms with E-state index < -0.39 is 11.8 Å². The van der Waals surface area contributed by atoms with Crippen molar-refractivity contribution < 1.29 is 9.59 Å². The summed E-state index contributed by atoms with van der Waals surface area (Å²) in [6.07, 6.45) is 0. The molecule has 1 aliphatic heterocycles. The molecule has 0 radical (unpaired) electrons. The molecule has 0 saturated carbocycles. The number of carbonyl (C=O) groups is 2. The van der Waals surface area contributed by atoms with Gasteiger partial charge in [0.05, 0.1) is 0 Å². The van der Waals surface area contributed by atoms with Crippen molar-refractivity contribution in [3.05, 3.63) is 0 Å². The lowest BCUT2D eigenvalue weighted by molar-refractivity contribution is -0.135. The molecule has 0 aliphatic carbocycles. The Balaban J connectivity index is 2.60. The molecule has 0 aromatic heterocycles. The van der Waals surface area contributed by atoms with Crippen LogP contribution in [0.1, 0.15) is 27.7 Å². The topological polar surface area (TPSA) is 70.6 Å². The smallest absolute Gasteiger partial charge is 0.288 e. The summed E-state index contributed by atoms with van der Waals surface area (Å²) in [6, 6.07) is 0. The van der Waals surface area contributed by atoms with Gasteiger partial charge in [-0.3, -0.25) is 25.2 Å². The zero-order chi connectivity index (χ0) is 11.6. The molecule has 1 saturated heterocycles. The van der Waals surface area contributed by atoms with Gasteiger partial charge >= 0.3 is 11.8 Å². The van der Waals surface area contributed by atoms with Crippen molar-refractivity contribution in [1.82, 2.24) is 10.6 Å². The standard InChI is InChI=1S/C10H17N3O2/c1-6(2)10(3,4)5-11-9-12-7(14)8(15)13-9/h6H,5H2,1-4H3,(H2,11,12,13,14,15). The van der Waals surface area contributed by atoms with Crippen molar-refractivity contribution in [1.29, 1.82) is 0 Å². The molecule has 1 heterocycles. The maximum absolute atomic E-state index is 10.8. The van der Waals surface area contributed by atoms with Gasteiger partial charge in [-0.2, -0.15) is 0 Å². The number of amides is 2. The maximum atomic E-state index is 10.8. The van der Waals surface area contributed by atoms with Gasteiger partial charge in [-0.25, -0.2) is 0 Å². The first kappa shape index (κ1) is 11.7. The van der Waals surface area contributed by atoms with Gasteiger partial charge in [0.15, 0.2) is 0 Å². The first-order chi connectivity index (χ1) is 6.83. The Kier molecular flexibility index (Phi) is 3.12. The van der Waals surface area contributed by atoms with Crippen LogP contribution in [-0.4, -0.2) is 24.3 Å².